The highest BCUT2D eigenvalue weighted by atomic mass is 32.5. The van der Waals surface area contributed by atoms with Crippen molar-refractivity contribution in [1.82, 2.24) is 0 Å². The molecule has 0 radical (unpaired) electrons. The molecule has 5 aromatic carbocycles. The van der Waals surface area contributed by atoms with E-state index in [9.17, 15) is 58.2 Å². The molecule has 0 N–H and O–H groups in total. The van der Waals surface area contributed by atoms with Crippen LogP contribution in [-0.4, -0.2) is 0 Å². The predicted octanol–water partition coefficient (Wildman–Crippen LogP) is 13.8. The molecule has 0 spiro atoms. The molecule has 316 valence electrons. The van der Waals surface area contributed by atoms with Gasteiger partial charge in [-0.3, -0.25) is 0 Å². The van der Waals surface area contributed by atoms with E-state index in [1.165, 1.54) is 0 Å². The minimum atomic E-state index is -10.4. The molecule has 2 aliphatic carbocycles. The summed E-state index contributed by atoms with van der Waals surface area (Å²) in [5, 5.41) is 19.7. The highest BCUT2D eigenvalue weighted by Gasteiger charge is 2.66. The van der Waals surface area contributed by atoms with Crippen molar-refractivity contribution in [3.05, 3.63) is 186 Å². The molecule has 0 aromatic heterocycles. The maximum atomic E-state index is 15.1. The number of allylic oxidation sites excluding steroid dienone is 3. The molecule has 7 rings (SSSR count). The zero-order valence-electron chi connectivity index (χ0n) is 30.4. The first kappa shape index (κ1) is 43.1. The number of nitrogens with zero attached hydrogens (tertiary/aromatic N) is 4. The fourth-order valence-corrected chi connectivity index (χ4v) is 8.95. The molecule has 0 amide bonds. The van der Waals surface area contributed by atoms with E-state index >= 15 is 8.78 Å². The van der Waals surface area contributed by atoms with Gasteiger partial charge in [0.2, 0.25) is 0 Å². The van der Waals surface area contributed by atoms with E-state index in [4.69, 9.17) is 13.1 Å². The molecular weight excluding hydrogens is 891 g/mol. The molecule has 5 aromatic rings. The number of fused-ring (bicyclic) bond motifs is 2. The van der Waals surface area contributed by atoms with Gasteiger partial charge in [-0.05, 0) is 127 Å². The predicted molar refractivity (Wildman–Crippen MR) is 203 cm³/mol. The van der Waals surface area contributed by atoms with Gasteiger partial charge in [0.15, 0.2) is 23.3 Å². The molecule has 0 atom stereocenters. The van der Waals surface area contributed by atoms with E-state index in [-0.39, 0.29) is 102 Å². The lowest BCUT2D eigenvalue weighted by Gasteiger charge is -2.40. The zero-order chi connectivity index (χ0) is 45.7. The van der Waals surface area contributed by atoms with Gasteiger partial charge in [0.25, 0.3) is 0 Å². The monoisotopic (exact) mass is 908 g/mol. The van der Waals surface area contributed by atoms with Crippen molar-refractivity contribution in [2.75, 3.05) is 0 Å². The molecule has 62 heavy (non-hydrogen) atoms. The zero-order valence-corrected chi connectivity index (χ0v) is 32.0. The lowest BCUT2D eigenvalue weighted by atomic mass is 9.86. The van der Waals surface area contributed by atoms with Crippen LogP contribution >= 0.6 is 20.4 Å². The Kier molecular flexibility index (Phi) is 8.88. The summed E-state index contributed by atoms with van der Waals surface area (Å²) in [6, 6.07) is 10.2. The quantitative estimate of drug-likeness (QED) is 0.0968. The third-order valence-corrected chi connectivity index (χ3v) is 12.4. The molecule has 0 heterocycles. The van der Waals surface area contributed by atoms with E-state index in [0.29, 0.717) is 48.5 Å². The van der Waals surface area contributed by atoms with Crippen LogP contribution in [0, 0.1) is 59.1 Å². The second-order valence-electron chi connectivity index (χ2n) is 13.9. The van der Waals surface area contributed by atoms with Crippen molar-refractivity contribution in [1.29, 1.82) is 10.5 Å². The summed E-state index contributed by atoms with van der Waals surface area (Å²) < 4.78 is 199. The SMILES string of the molecule is [C-]#[N+]C([N+]#[C-])=C1Cc2c(-c3ccc(S(F)(F)(F)(F)F)cc3)c3c(c(-c4ccc(S(F)(F)(F)(F)F)cc4)c2=C1c1ccc(F)c(F)c1)CC(=C(C#N)C#N)C=3c1ccc(F)c(F)c1. The molecule has 0 unspecified atom stereocenters. The van der Waals surface area contributed by atoms with Gasteiger partial charge in [0.05, 0.1) is 5.57 Å². The summed E-state index contributed by atoms with van der Waals surface area (Å²) in [7, 11) is -20.7. The van der Waals surface area contributed by atoms with Crippen LogP contribution in [0.1, 0.15) is 22.3 Å². The maximum Gasteiger partial charge on any atom is 0.523 e. The van der Waals surface area contributed by atoms with Crippen LogP contribution in [0.3, 0.4) is 0 Å². The number of halogens is 14. The summed E-state index contributed by atoms with van der Waals surface area (Å²) >= 11 is 0. The lowest BCUT2D eigenvalue weighted by molar-refractivity contribution is 0.360. The number of rotatable bonds is 6. The van der Waals surface area contributed by atoms with Crippen molar-refractivity contribution in [3.63, 3.8) is 0 Å². The molecular formula is C42H18F14N4S2. The van der Waals surface area contributed by atoms with E-state index in [2.05, 4.69) is 9.69 Å². The normalized spacial score (nSPS) is 15.8. The molecule has 0 saturated carbocycles. The van der Waals surface area contributed by atoms with E-state index in [1.54, 1.807) is 12.1 Å². The van der Waals surface area contributed by atoms with E-state index < -0.39 is 77.7 Å². The molecule has 4 nitrogen and oxygen atoms in total. The summed E-state index contributed by atoms with van der Waals surface area (Å²) in [4.78, 5) is 1.75. The summed E-state index contributed by atoms with van der Waals surface area (Å²) in [6.45, 7) is 15.6. The van der Waals surface area contributed by atoms with E-state index in [1.807, 2.05) is 0 Å². The van der Waals surface area contributed by atoms with Gasteiger partial charge in [-0.1, -0.05) is 75.3 Å². The molecule has 0 aliphatic heterocycles. The first-order chi connectivity index (χ1) is 28.5. The topological polar surface area (TPSA) is 56.3 Å². The second-order valence-corrected chi connectivity index (χ2v) is 18.7. The minimum Gasteiger partial charge on any atom is -0.204 e. The van der Waals surface area contributed by atoms with Crippen LogP contribution in [0.25, 0.3) is 43.1 Å². The lowest BCUT2D eigenvalue weighted by Crippen LogP contribution is -2.25. The van der Waals surface area contributed by atoms with Crippen LogP contribution in [-0.2, 0) is 12.8 Å². The van der Waals surface area contributed by atoms with Gasteiger partial charge in [-0.25, -0.2) is 17.6 Å². The van der Waals surface area contributed by atoms with Gasteiger partial charge >= 0.3 is 26.3 Å². The third-order valence-electron chi connectivity index (χ3n) is 10.1. The van der Waals surface area contributed by atoms with Gasteiger partial charge in [0, 0.05) is 6.42 Å². The third kappa shape index (κ3) is 7.42. The van der Waals surface area contributed by atoms with Crippen LogP contribution in [0.5, 0.6) is 0 Å². The van der Waals surface area contributed by atoms with Gasteiger partial charge < -0.3 is 0 Å². The fraction of sp³-hybridized carbons (Fsp3) is 0.0476. The molecule has 2 aliphatic rings. The highest BCUT2D eigenvalue weighted by molar-refractivity contribution is 8.46. The Hall–Kier alpha value is -7.00. The number of hydrogen-bond donors (Lipinski definition) is 0. The summed E-state index contributed by atoms with van der Waals surface area (Å²) in [6.07, 6.45) is -1.29. The van der Waals surface area contributed by atoms with Crippen molar-refractivity contribution >= 4 is 31.6 Å². The summed E-state index contributed by atoms with van der Waals surface area (Å²) in [5.74, 6) is -6.49. The molecule has 0 fully saturated rings. The van der Waals surface area contributed by atoms with E-state index in [0.717, 1.165) is 12.1 Å². The van der Waals surface area contributed by atoms with Crippen LogP contribution in [0.2, 0.25) is 0 Å². The van der Waals surface area contributed by atoms with Crippen LogP contribution in [0.4, 0.5) is 56.4 Å². The first-order valence-corrected chi connectivity index (χ1v) is 21.0. The first-order valence-electron chi connectivity index (χ1n) is 17.1. The van der Waals surface area contributed by atoms with Crippen molar-refractivity contribution in [2.24, 2.45) is 0 Å². The Morgan fingerprint density at radius 1 is 0.484 bits per heavy atom. The molecule has 20 heteroatoms. The smallest absolute Gasteiger partial charge is 0.204 e. The minimum absolute atomic E-state index is 0.0245. The maximum absolute atomic E-state index is 15.1. The average molecular weight is 909 g/mol. The van der Waals surface area contributed by atoms with Crippen molar-refractivity contribution < 1.29 is 56.4 Å². The van der Waals surface area contributed by atoms with Crippen LogP contribution < -0.4 is 10.4 Å². The van der Waals surface area contributed by atoms with Crippen molar-refractivity contribution in [2.45, 2.75) is 22.6 Å². The number of hydrogen-bond acceptors (Lipinski definition) is 2. The molecule has 0 saturated heterocycles. The Morgan fingerprint density at radius 3 is 1.15 bits per heavy atom. The number of nitriles is 2. The number of benzene rings is 5. The fourth-order valence-electron chi connectivity index (χ4n) is 7.65. The van der Waals surface area contributed by atoms with Gasteiger partial charge in [0.1, 0.15) is 40.6 Å². The second kappa shape index (κ2) is 12.8. The molecule has 0 bridgehead atoms. The summed E-state index contributed by atoms with van der Waals surface area (Å²) in [5.41, 5.74) is -4.02. The largest absolute Gasteiger partial charge is 0.523 e. The highest BCUT2D eigenvalue weighted by Crippen LogP contribution is 3.02. The Labute approximate surface area is 341 Å². The Bertz CT molecular complexity index is 3010. The Balaban J connectivity index is 1.84. The van der Waals surface area contributed by atoms with Crippen LogP contribution in [0.15, 0.2) is 117 Å². The van der Waals surface area contributed by atoms with Crippen molar-refractivity contribution in [3.8, 4) is 34.4 Å². The standard InChI is InChI=1S/C42H18F14N4S2/c1-59-42(60-2)31-18-30-37(22-5-11-27(12-6-22)62(52,53,54,55)56)40-29(17-28(25(19-57)20-58)38(40)23-7-13-32(43)34(45)15-23)36(21-3-9-26(10-4-21)61(47,48,49,50)51)41(30)39(31)24-8-14-33(44)35(46)16-24/h3-16H,17-18H2. The van der Waals surface area contributed by atoms with Gasteiger partial charge in [-0.15, -0.1) is 0 Å². The average Bonchev–Trinajstić information content (AvgIpc) is 3.75. The Morgan fingerprint density at radius 2 is 0.823 bits per heavy atom. The van der Waals surface area contributed by atoms with Gasteiger partial charge in [-0.2, -0.15) is 20.2 Å².